The van der Waals surface area contributed by atoms with Crippen molar-refractivity contribution in [3.05, 3.63) is 82.2 Å². The van der Waals surface area contributed by atoms with Crippen molar-refractivity contribution in [1.82, 2.24) is 19.7 Å². The Bertz CT molecular complexity index is 2070. The molecule has 2 fully saturated rings. The molecular formula is C45H55N6O7S2+. The SMILES string of the molecule is CC=C1C[C@H]2C=Nc3cc(OCc4cc(OCCN(C)CCCS[S+](C)C)cc(COc5cc6c(cc5OC)C(=O)N5CC(=CC)C[C@H]5C=N6)n4)c(OC)cc3C(=O)N2C1. The first-order chi connectivity index (χ1) is 29.1. The maximum absolute atomic E-state index is 13.6. The van der Waals surface area contributed by atoms with E-state index in [9.17, 15) is 9.59 Å². The van der Waals surface area contributed by atoms with Gasteiger partial charge in [-0.25, -0.2) is 0 Å². The lowest BCUT2D eigenvalue weighted by molar-refractivity contribution is 0.0769. The van der Waals surface area contributed by atoms with Crippen LogP contribution in [0.3, 0.4) is 0 Å². The van der Waals surface area contributed by atoms with Crippen LogP contribution >= 0.6 is 10.8 Å². The molecule has 3 aromatic rings. The molecule has 0 bridgehead atoms. The molecule has 0 saturated carbocycles. The van der Waals surface area contributed by atoms with Crippen molar-refractivity contribution in [1.29, 1.82) is 0 Å². The average Bonchev–Trinajstić information content (AvgIpc) is 3.82. The Labute approximate surface area is 359 Å². The Morgan fingerprint density at radius 2 is 1.27 bits per heavy atom. The summed E-state index contributed by atoms with van der Waals surface area (Å²) in [5, 5.41) is 0. The molecule has 2 saturated heterocycles. The van der Waals surface area contributed by atoms with E-state index in [1.54, 1.807) is 38.5 Å². The summed E-state index contributed by atoms with van der Waals surface area (Å²) in [5.41, 5.74) is 5.64. The molecule has 7 rings (SSSR count). The number of methoxy groups -OCH3 is 2. The van der Waals surface area contributed by atoms with E-state index in [2.05, 4.69) is 36.6 Å². The number of ether oxygens (including phenoxy) is 5. The molecule has 0 N–H and O–H groups in total. The Balaban J connectivity index is 1.10. The Morgan fingerprint density at radius 3 is 1.73 bits per heavy atom. The van der Waals surface area contributed by atoms with E-state index >= 15 is 0 Å². The van der Waals surface area contributed by atoms with Crippen LogP contribution in [0.2, 0.25) is 0 Å². The molecule has 4 aliphatic heterocycles. The molecule has 60 heavy (non-hydrogen) atoms. The molecule has 15 heteroatoms. The Morgan fingerprint density at radius 1 is 0.750 bits per heavy atom. The molecule has 2 amide bonds. The lowest BCUT2D eigenvalue weighted by Crippen LogP contribution is -2.35. The van der Waals surface area contributed by atoms with E-state index in [0.717, 1.165) is 38.1 Å². The van der Waals surface area contributed by atoms with E-state index in [4.69, 9.17) is 38.7 Å². The summed E-state index contributed by atoms with van der Waals surface area (Å²) < 4.78 is 30.5. The third kappa shape index (κ3) is 9.96. The molecule has 5 heterocycles. The van der Waals surface area contributed by atoms with E-state index in [1.165, 1.54) is 11.1 Å². The number of fused-ring (bicyclic) bond motifs is 4. The van der Waals surface area contributed by atoms with E-state index in [0.29, 0.717) is 92.3 Å². The first-order valence-electron chi connectivity index (χ1n) is 20.3. The zero-order valence-corrected chi connectivity index (χ0v) is 37.2. The minimum absolute atomic E-state index is 0.0795. The van der Waals surface area contributed by atoms with Gasteiger partial charge in [0, 0.05) is 62.1 Å². The van der Waals surface area contributed by atoms with Crippen LogP contribution in [0.4, 0.5) is 11.4 Å². The standard InChI is InChI=1S/C45H55N6O7S2/c1-8-29-15-33-23-46-38-21-42(40(54-4)19-36(38)44(52)50(33)25-29)57-27-31-17-35(56-13-12-49(3)11-10-14-59-60(6)7)18-32(48-31)28-58-43-22-39-37(20-41(43)55-5)45(53)51-26-30(9-2)16-34(51)24-47-39/h8-9,17-24,33-34H,10-16,25-28H2,1-7H3/q+1/t33-,34-/m0/s1. The molecule has 0 radical (unpaired) electrons. The van der Waals surface area contributed by atoms with Gasteiger partial charge in [0.05, 0.1) is 80.9 Å². The molecule has 0 aliphatic carbocycles. The number of amides is 2. The minimum Gasteiger partial charge on any atom is -0.493 e. The largest absolute Gasteiger partial charge is 0.493 e. The highest BCUT2D eigenvalue weighted by atomic mass is 33.1. The molecule has 0 unspecified atom stereocenters. The van der Waals surface area contributed by atoms with Crippen LogP contribution < -0.4 is 23.7 Å². The van der Waals surface area contributed by atoms with Gasteiger partial charge in [0.2, 0.25) is 0 Å². The molecular weight excluding hydrogens is 801 g/mol. The molecule has 2 aromatic carbocycles. The molecule has 4 aliphatic rings. The predicted molar refractivity (Wildman–Crippen MR) is 241 cm³/mol. The number of aromatic nitrogens is 1. The fourth-order valence-electron chi connectivity index (χ4n) is 7.67. The lowest BCUT2D eigenvalue weighted by Gasteiger charge is -2.20. The van der Waals surface area contributed by atoms with Gasteiger partial charge in [0.15, 0.2) is 23.0 Å². The van der Waals surface area contributed by atoms with Crippen molar-refractivity contribution in [2.45, 2.75) is 58.4 Å². The smallest absolute Gasteiger partial charge is 0.257 e. The van der Waals surface area contributed by atoms with Gasteiger partial charge in [0.1, 0.15) is 38.1 Å². The number of carbonyl (C=O) groups is 2. The van der Waals surface area contributed by atoms with Crippen LogP contribution in [0.5, 0.6) is 28.7 Å². The summed E-state index contributed by atoms with van der Waals surface area (Å²) in [5.74, 6) is 3.32. The average molecular weight is 856 g/mol. The highest BCUT2D eigenvalue weighted by molar-refractivity contribution is 8.73. The molecule has 2 atom stereocenters. The number of allylic oxidation sites excluding steroid dienone is 2. The lowest BCUT2D eigenvalue weighted by atomic mass is 10.1. The predicted octanol–water partition coefficient (Wildman–Crippen LogP) is 7.24. The summed E-state index contributed by atoms with van der Waals surface area (Å²) in [6, 6.07) is 10.5. The number of hydrogen-bond donors (Lipinski definition) is 0. The number of rotatable bonds is 17. The summed E-state index contributed by atoms with van der Waals surface area (Å²) in [6.07, 6.45) is 15.0. The normalized spacial score (nSPS) is 19.4. The first-order valence-corrected chi connectivity index (χ1v) is 23.8. The summed E-state index contributed by atoms with van der Waals surface area (Å²) >= 11 is 0. The van der Waals surface area contributed by atoms with Crippen LogP contribution in [0, 0.1) is 0 Å². The highest BCUT2D eigenvalue weighted by Crippen LogP contribution is 2.41. The topological polar surface area (TPSA) is 128 Å². The maximum Gasteiger partial charge on any atom is 0.257 e. The quantitative estimate of drug-likeness (QED) is 0.0594. The second-order valence-electron chi connectivity index (χ2n) is 15.3. The maximum atomic E-state index is 13.6. The van der Waals surface area contributed by atoms with Gasteiger partial charge in [-0.1, -0.05) is 23.3 Å². The van der Waals surface area contributed by atoms with Gasteiger partial charge in [-0.2, -0.15) is 0 Å². The van der Waals surface area contributed by atoms with Gasteiger partial charge in [-0.15, -0.1) is 0 Å². The van der Waals surface area contributed by atoms with Gasteiger partial charge in [-0.05, 0) is 58.8 Å². The van der Waals surface area contributed by atoms with E-state index < -0.39 is 0 Å². The van der Waals surface area contributed by atoms with Gasteiger partial charge in [0.25, 0.3) is 11.8 Å². The van der Waals surface area contributed by atoms with Gasteiger partial charge >= 0.3 is 0 Å². The monoisotopic (exact) mass is 855 g/mol. The number of likely N-dealkylation sites (N-methyl/N-ethyl adjacent to an activating group) is 1. The van der Waals surface area contributed by atoms with Crippen LogP contribution in [-0.4, -0.2) is 128 Å². The third-order valence-electron chi connectivity index (χ3n) is 11.0. The van der Waals surface area contributed by atoms with Gasteiger partial charge in [-0.3, -0.25) is 24.6 Å². The molecule has 0 spiro atoms. The number of aliphatic imine (C=N–C) groups is 2. The van der Waals surface area contributed by atoms with Crippen molar-refractivity contribution in [3.8, 4) is 28.7 Å². The number of nitrogens with zero attached hydrogens (tertiary/aromatic N) is 6. The Hall–Kier alpha value is -4.99. The van der Waals surface area contributed by atoms with Crippen molar-refractivity contribution >= 4 is 56.3 Å². The fraction of sp³-hybridized carbons (Fsp3) is 0.444. The molecule has 318 valence electrons. The first kappa shape index (κ1) is 43.1. The number of hydrogen-bond acceptors (Lipinski definition) is 12. The van der Waals surface area contributed by atoms with Crippen molar-refractivity contribution < 1.29 is 33.3 Å². The van der Waals surface area contributed by atoms with Crippen molar-refractivity contribution in [2.24, 2.45) is 9.98 Å². The van der Waals surface area contributed by atoms with Crippen molar-refractivity contribution in [2.75, 3.05) is 72.3 Å². The summed E-state index contributed by atoms with van der Waals surface area (Å²) in [6.45, 7) is 7.56. The second kappa shape index (κ2) is 19.6. The number of carbonyl (C=O) groups excluding carboxylic acids is 2. The fourth-order valence-corrected chi connectivity index (χ4v) is 9.61. The van der Waals surface area contributed by atoms with E-state index in [-0.39, 0.29) is 37.1 Å². The highest BCUT2D eigenvalue weighted by Gasteiger charge is 2.36. The van der Waals surface area contributed by atoms with Crippen LogP contribution in [-0.2, 0) is 23.1 Å². The number of benzene rings is 2. The van der Waals surface area contributed by atoms with Crippen LogP contribution in [0.15, 0.2) is 69.7 Å². The minimum atomic E-state index is -0.0894. The molecule has 1 aromatic heterocycles. The summed E-state index contributed by atoms with van der Waals surface area (Å²) in [7, 11) is 7.60. The number of pyridine rings is 1. The van der Waals surface area contributed by atoms with Crippen molar-refractivity contribution in [3.63, 3.8) is 0 Å². The zero-order chi connectivity index (χ0) is 42.3. The van der Waals surface area contributed by atoms with Crippen LogP contribution in [0.25, 0.3) is 0 Å². The van der Waals surface area contributed by atoms with Crippen LogP contribution in [0.1, 0.15) is 65.2 Å². The second-order valence-corrected chi connectivity index (χ2v) is 20.2. The Kier molecular flexibility index (Phi) is 14.1. The third-order valence-corrected chi connectivity index (χ3v) is 13.9. The zero-order valence-electron chi connectivity index (χ0n) is 35.6. The molecule has 13 nitrogen and oxygen atoms in total. The summed E-state index contributed by atoms with van der Waals surface area (Å²) in [4.78, 5) is 47.6. The van der Waals surface area contributed by atoms with Gasteiger partial charge < -0.3 is 38.4 Å². The van der Waals surface area contributed by atoms with E-state index in [1.807, 2.05) is 59.0 Å².